The molecule has 2 rings (SSSR count). The first-order valence-electron chi connectivity index (χ1n) is 6.00. The molecule has 17 heavy (non-hydrogen) atoms. The number of ether oxygens (including phenoxy) is 1. The maximum atomic E-state index is 11.6. The highest BCUT2D eigenvalue weighted by Gasteiger charge is 2.41. The first-order valence-corrected chi connectivity index (χ1v) is 7.12. The summed E-state index contributed by atoms with van der Waals surface area (Å²) in [4.78, 5) is 11.6. The van der Waals surface area contributed by atoms with E-state index >= 15 is 0 Å². The van der Waals surface area contributed by atoms with Crippen LogP contribution in [0.5, 0.6) is 0 Å². The fourth-order valence-corrected chi connectivity index (χ4v) is 2.65. The Kier molecular flexibility index (Phi) is 4.21. The standard InChI is InChI=1S/C14H17BrO2/c15-11-14(8-9-14)7-6-13(16)17-10-12-4-2-1-3-5-12/h1-5H,6-11H2. The minimum atomic E-state index is -0.0823. The molecule has 0 amide bonds. The summed E-state index contributed by atoms with van der Waals surface area (Å²) in [5.41, 5.74) is 1.44. The van der Waals surface area contributed by atoms with Gasteiger partial charge in [0.05, 0.1) is 0 Å². The number of hydrogen-bond acceptors (Lipinski definition) is 2. The number of benzene rings is 1. The SMILES string of the molecule is O=C(CCC1(CBr)CC1)OCc1ccccc1. The molecule has 1 fully saturated rings. The van der Waals surface area contributed by atoms with Crippen molar-refractivity contribution in [3.05, 3.63) is 35.9 Å². The van der Waals surface area contributed by atoms with E-state index in [4.69, 9.17) is 4.74 Å². The third-order valence-corrected chi connectivity index (χ3v) is 4.53. The van der Waals surface area contributed by atoms with Gasteiger partial charge in [-0.15, -0.1) is 0 Å². The molecule has 0 N–H and O–H groups in total. The fourth-order valence-electron chi connectivity index (χ4n) is 1.80. The van der Waals surface area contributed by atoms with E-state index in [-0.39, 0.29) is 5.97 Å². The minimum absolute atomic E-state index is 0.0823. The quantitative estimate of drug-likeness (QED) is 0.591. The Labute approximate surface area is 110 Å². The molecule has 3 heteroatoms. The van der Waals surface area contributed by atoms with Crippen molar-refractivity contribution in [2.45, 2.75) is 32.3 Å². The van der Waals surface area contributed by atoms with Crippen LogP contribution in [0.1, 0.15) is 31.2 Å². The zero-order valence-corrected chi connectivity index (χ0v) is 11.4. The van der Waals surface area contributed by atoms with Crippen LogP contribution >= 0.6 is 15.9 Å². The molecule has 0 radical (unpaired) electrons. The molecule has 0 atom stereocenters. The smallest absolute Gasteiger partial charge is 0.306 e. The molecule has 1 aromatic rings. The molecule has 1 aliphatic carbocycles. The molecule has 0 unspecified atom stereocenters. The lowest BCUT2D eigenvalue weighted by Gasteiger charge is -2.10. The molecule has 2 nitrogen and oxygen atoms in total. The molecule has 0 bridgehead atoms. The summed E-state index contributed by atoms with van der Waals surface area (Å²) in [7, 11) is 0. The van der Waals surface area contributed by atoms with Crippen molar-refractivity contribution in [3.63, 3.8) is 0 Å². The van der Waals surface area contributed by atoms with Gasteiger partial charge < -0.3 is 4.74 Å². The number of carbonyl (C=O) groups excluding carboxylic acids is 1. The van der Waals surface area contributed by atoms with E-state index in [2.05, 4.69) is 15.9 Å². The predicted molar refractivity (Wildman–Crippen MR) is 70.9 cm³/mol. The summed E-state index contributed by atoms with van der Waals surface area (Å²) in [5.74, 6) is -0.0823. The molecule has 0 saturated heterocycles. The van der Waals surface area contributed by atoms with Gasteiger partial charge in [-0.05, 0) is 30.2 Å². The van der Waals surface area contributed by atoms with E-state index < -0.39 is 0 Å². The van der Waals surface area contributed by atoms with Gasteiger partial charge in [0.25, 0.3) is 0 Å². The highest BCUT2D eigenvalue weighted by atomic mass is 79.9. The van der Waals surface area contributed by atoms with Gasteiger partial charge in [0.1, 0.15) is 6.61 Å². The third-order valence-electron chi connectivity index (χ3n) is 3.34. The van der Waals surface area contributed by atoms with Gasteiger partial charge in [0, 0.05) is 11.8 Å². The van der Waals surface area contributed by atoms with Crippen molar-refractivity contribution in [1.82, 2.24) is 0 Å². The largest absolute Gasteiger partial charge is 0.461 e. The van der Waals surface area contributed by atoms with Crippen LogP contribution < -0.4 is 0 Å². The van der Waals surface area contributed by atoms with Crippen molar-refractivity contribution >= 4 is 21.9 Å². The predicted octanol–water partition coefficient (Wildman–Crippen LogP) is 3.69. The van der Waals surface area contributed by atoms with E-state index in [9.17, 15) is 4.79 Å². The fraction of sp³-hybridized carbons (Fsp3) is 0.500. The van der Waals surface area contributed by atoms with Crippen molar-refractivity contribution < 1.29 is 9.53 Å². The second kappa shape index (κ2) is 5.67. The molecular weight excluding hydrogens is 280 g/mol. The van der Waals surface area contributed by atoms with Crippen molar-refractivity contribution in [2.24, 2.45) is 5.41 Å². The molecule has 1 aromatic carbocycles. The van der Waals surface area contributed by atoms with Gasteiger partial charge >= 0.3 is 5.97 Å². The molecule has 0 aliphatic heterocycles. The van der Waals surface area contributed by atoms with Crippen LogP contribution in [0.4, 0.5) is 0 Å². The molecular formula is C14H17BrO2. The second-order valence-corrected chi connectivity index (χ2v) is 5.34. The summed E-state index contributed by atoms with van der Waals surface area (Å²) in [6.07, 6.45) is 3.97. The molecule has 1 aliphatic rings. The number of halogens is 1. The van der Waals surface area contributed by atoms with Gasteiger partial charge in [0.2, 0.25) is 0 Å². The van der Waals surface area contributed by atoms with Crippen molar-refractivity contribution in [3.8, 4) is 0 Å². The second-order valence-electron chi connectivity index (χ2n) is 4.78. The van der Waals surface area contributed by atoms with Gasteiger partial charge in [-0.25, -0.2) is 0 Å². The molecule has 1 saturated carbocycles. The molecule has 0 aromatic heterocycles. The Morgan fingerprint density at radius 2 is 2.00 bits per heavy atom. The van der Waals surface area contributed by atoms with E-state index in [0.29, 0.717) is 18.4 Å². The minimum Gasteiger partial charge on any atom is -0.461 e. The third kappa shape index (κ3) is 3.84. The Balaban J connectivity index is 1.68. The number of alkyl halides is 1. The zero-order valence-electron chi connectivity index (χ0n) is 9.82. The number of esters is 1. The van der Waals surface area contributed by atoms with Crippen LogP contribution in [-0.2, 0) is 16.1 Å². The first-order chi connectivity index (χ1) is 8.24. The lowest BCUT2D eigenvalue weighted by Crippen LogP contribution is -2.09. The van der Waals surface area contributed by atoms with Crippen molar-refractivity contribution in [1.29, 1.82) is 0 Å². The maximum absolute atomic E-state index is 11.6. The average Bonchev–Trinajstić information content (AvgIpc) is 3.16. The normalized spacial score (nSPS) is 16.5. The lowest BCUT2D eigenvalue weighted by atomic mass is 10.0. The van der Waals surface area contributed by atoms with E-state index in [1.165, 1.54) is 12.8 Å². The van der Waals surface area contributed by atoms with Crippen LogP contribution in [-0.4, -0.2) is 11.3 Å². The Morgan fingerprint density at radius 1 is 1.29 bits per heavy atom. The average molecular weight is 297 g/mol. The molecule has 0 heterocycles. The van der Waals surface area contributed by atoms with Gasteiger partial charge in [-0.1, -0.05) is 46.3 Å². The van der Waals surface area contributed by atoms with Gasteiger partial charge in [-0.3, -0.25) is 4.79 Å². The van der Waals surface area contributed by atoms with Crippen LogP contribution in [0.25, 0.3) is 0 Å². The molecule has 0 spiro atoms. The summed E-state index contributed by atoms with van der Waals surface area (Å²) >= 11 is 3.51. The highest BCUT2D eigenvalue weighted by molar-refractivity contribution is 9.09. The summed E-state index contributed by atoms with van der Waals surface area (Å²) in [5, 5.41) is 1.01. The van der Waals surface area contributed by atoms with Gasteiger partial charge in [-0.2, -0.15) is 0 Å². The monoisotopic (exact) mass is 296 g/mol. The Hall–Kier alpha value is -0.830. The van der Waals surface area contributed by atoms with Crippen molar-refractivity contribution in [2.75, 3.05) is 5.33 Å². The summed E-state index contributed by atoms with van der Waals surface area (Å²) in [6.45, 7) is 0.390. The lowest BCUT2D eigenvalue weighted by molar-refractivity contribution is -0.145. The Bertz CT molecular complexity index is 371. The number of carbonyl (C=O) groups is 1. The van der Waals surface area contributed by atoms with Crippen LogP contribution in [0.15, 0.2) is 30.3 Å². The van der Waals surface area contributed by atoms with Gasteiger partial charge in [0.15, 0.2) is 0 Å². The first kappa shape index (κ1) is 12.6. The van der Waals surface area contributed by atoms with Crippen LogP contribution in [0, 0.1) is 5.41 Å². The molecule has 92 valence electrons. The van der Waals surface area contributed by atoms with Crippen LogP contribution in [0.2, 0.25) is 0 Å². The zero-order chi connectivity index (χ0) is 12.1. The summed E-state index contributed by atoms with van der Waals surface area (Å²) in [6, 6.07) is 9.79. The van der Waals surface area contributed by atoms with E-state index in [0.717, 1.165) is 17.3 Å². The number of hydrogen-bond donors (Lipinski definition) is 0. The van der Waals surface area contributed by atoms with Crippen LogP contribution in [0.3, 0.4) is 0 Å². The topological polar surface area (TPSA) is 26.3 Å². The summed E-state index contributed by atoms with van der Waals surface area (Å²) < 4.78 is 5.24. The van der Waals surface area contributed by atoms with E-state index in [1.807, 2.05) is 30.3 Å². The number of rotatable bonds is 6. The van der Waals surface area contributed by atoms with E-state index in [1.54, 1.807) is 0 Å². The highest BCUT2D eigenvalue weighted by Crippen LogP contribution is 2.50. The maximum Gasteiger partial charge on any atom is 0.306 e. The Morgan fingerprint density at radius 3 is 2.59 bits per heavy atom.